The smallest absolute Gasteiger partial charge is 0.268 e. The van der Waals surface area contributed by atoms with Crippen molar-refractivity contribution in [2.75, 3.05) is 0 Å². The molecule has 0 atom stereocenters. The average molecular weight is 439 g/mol. The average Bonchev–Trinajstić information content (AvgIpc) is 2.64. The molecule has 3 fully saturated rings. The predicted molar refractivity (Wildman–Crippen MR) is 107 cm³/mol. The number of nitrogens with two attached hydrogens (primary N) is 1. The summed E-state index contributed by atoms with van der Waals surface area (Å²) in [5.74, 6) is -4.80. The molecule has 2 aromatic heterocycles. The first-order valence-corrected chi connectivity index (χ1v) is 10.5. The standard InChI is InChI=1S/C13H18F4.C9H7N3O2/c14-12(15)3-1-9(2-4-12)10-5-11(6-10)7-13(16,17)8-11;10-9(14)8-7-5(1-3-12-8)11-4-2-6(7)13/h9-10H,1-8H2;1-4H,(H2,10,14)(H,11,13). The number of fused-ring (bicyclic) bond motifs is 1. The van der Waals surface area contributed by atoms with Crippen molar-refractivity contribution in [3.63, 3.8) is 0 Å². The molecular formula is C22H25F4N3O2. The minimum Gasteiger partial charge on any atom is -0.364 e. The first-order chi connectivity index (χ1) is 14.5. The van der Waals surface area contributed by atoms with Crippen molar-refractivity contribution in [3.8, 4) is 0 Å². The number of pyridine rings is 2. The van der Waals surface area contributed by atoms with Crippen LogP contribution in [0.1, 0.15) is 61.9 Å². The van der Waals surface area contributed by atoms with E-state index in [1.165, 1.54) is 18.5 Å². The Labute approximate surface area is 176 Å². The van der Waals surface area contributed by atoms with Crippen molar-refractivity contribution in [1.29, 1.82) is 0 Å². The van der Waals surface area contributed by atoms with Gasteiger partial charge in [0.25, 0.3) is 5.91 Å². The summed E-state index contributed by atoms with van der Waals surface area (Å²) >= 11 is 0. The second-order valence-electron chi connectivity index (χ2n) is 9.36. The lowest BCUT2D eigenvalue weighted by Gasteiger charge is -2.59. The number of nitrogens with one attached hydrogen (secondary N) is 1. The van der Waals surface area contributed by atoms with Gasteiger partial charge < -0.3 is 10.7 Å². The third kappa shape index (κ3) is 4.45. The Morgan fingerprint density at radius 1 is 1.03 bits per heavy atom. The number of alkyl halides is 4. The number of primary amides is 1. The zero-order valence-corrected chi connectivity index (χ0v) is 17.0. The van der Waals surface area contributed by atoms with Gasteiger partial charge in [0.05, 0.1) is 10.9 Å². The highest BCUT2D eigenvalue weighted by atomic mass is 19.3. The number of H-pyrrole nitrogens is 1. The number of nitrogens with zero attached hydrogens (tertiary/aromatic N) is 1. The molecule has 3 saturated carbocycles. The van der Waals surface area contributed by atoms with Gasteiger partial charge in [0.15, 0.2) is 5.43 Å². The zero-order chi connectivity index (χ0) is 22.4. The summed E-state index contributed by atoms with van der Waals surface area (Å²) in [7, 11) is 0. The second-order valence-corrected chi connectivity index (χ2v) is 9.36. The fraction of sp³-hybridized carbons (Fsp3) is 0.591. The van der Waals surface area contributed by atoms with Crippen molar-refractivity contribution >= 4 is 16.8 Å². The van der Waals surface area contributed by atoms with Gasteiger partial charge in [0.1, 0.15) is 5.69 Å². The number of hydrogen-bond acceptors (Lipinski definition) is 3. The summed E-state index contributed by atoms with van der Waals surface area (Å²) in [5, 5.41) is 0.238. The van der Waals surface area contributed by atoms with Crippen molar-refractivity contribution in [3.05, 3.63) is 40.4 Å². The van der Waals surface area contributed by atoms with Crippen LogP contribution in [0.5, 0.6) is 0 Å². The molecule has 0 radical (unpaired) electrons. The van der Waals surface area contributed by atoms with E-state index in [0.29, 0.717) is 30.2 Å². The highest BCUT2D eigenvalue weighted by Crippen LogP contribution is 2.66. The van der Waals surface area contributed by atoms with Gasteiger partial charge in [-0.3, -0.25) is 14.6 Å². The molecule has 0 aliphatic heterocycles. The number of aromatic amines is 1. The quantitative estimate of drug-likeness (QED) is 0.667. The number of aromatic nitrogens is 2. The number of hydrogen-bond donors (Lipinski definition) is 2. The molecule has 0 aromatic carbocycles. The molecule has 0 bridgehead atoms. The van der Waals surface area contributed by atoms with Crippen molar-refractivity contribution in [2.45, 2.75) is 63.2 Å². The summed E-state index contributed by atoms with van der Waals surface area (Å²) in [6.07, 6.45) is 5.91. The monoisotopic (exact) mass is 439 g/mol. The summed E-state index contributed by atoms with van der Waals surface area (Å²) in [6, 6.07) is 2.94. The maximum absolute atomic E-state index is 13.0. The first-order valence-electron chi connectivity index (χ1n) is 10.5. The Balaban J connectivity index is 0.000000152. The molecule has 168 valence electrons. The zero-order valence-electron chi connectivity index (χ0n) is 17.0. The first kappa shape index (κ1) is 21.8. The molecule has 1 amide bonds. The van der Waals surface area contributed by atoms with Gasteiger partial charge in [0.2, 0.25) is 11.8 Å². The number of halogens is 4. The minimum absolute atomic E-state index is 0.00265. The van der Waals surface area contributed by atoms with Crippen LogP contribution in [0.25, 0.3) is 10.9 Å². The van der Waals surface area contributed by atoms with E-state index in [1.807, 2.05) is 0 Å². The second kappa shape index (κ2) is 7.60. The number of carbonyl (C=O) groups is 1. The molecule has 2 heterocycles. The Kier molecular flexibility index (Phi) is 5.34. The van der Waals surface area contributed by atoms with E-state index in [0.717, 1.165) is 12.8 Å². The van der Waals surface area contributed by atoms with Crippen LogP contribution in [0.15, 0.2) is 29.3 Å². The highest BCUT2D eigenvalue weighted by Gasteiger charge is 2.62. The fourth-order valence-electron chi connectivity index (χ4n) is 5.56. The van der Waals surface area contributed by atoms with E-state index >= 15 is 0 Å². The molecule has 0 saturated heterocycles. The number of rotatable bonds is 2. The van der Waals surface area contributed by atoms with E-state index < -0.39 is 17.8 Å². The lowest BCUT2D eigenvalue weighted by atomic mass is 9.47. The van der Waals surface area contributed by atoms with Crippen LogP contribution in [0.3, 0.4) is 0 Å². The molecular weight excluding hydrogens is 414 g/mol. The largest absolute Gasteiger partial charge is 0.364 e. The third-order valence-corrected chi connectivity index (χ3v) is 6.99. The van der Waals surface area contributed by atoms with Gasteiger partial charge in [-0.15, -0.1) is 0 Å². The summed E-state index contributed by atoms with van der Waals surface area (Å²) in [4.78, 5) is 29.0. The molecule has 0 unspecified atom stereocenters. The van der Waals surface area contributed by atoms with Gasteiger partial charge in [0, 0.05) is 44.1 Å². The third-order valence-electron chi connectivity index (χ3n) is 6.99. The molecule has 31 heavy (non-hydrogen) atoms. The topological polar surface area (TPSA) is 88.8 Å². The van der Waals surface area contributed by atoms with E-state index in [-0.39, 0.29) is 47.6 Å². The van der Waals surface area contributed by atoms with Crippen LogP contribution in [-0.4, -0.2) is 27.7 Å². The normalized spacial score (nSPS) is 24.0. The van der Waals surface area contributed by atoms with Gasteiger partial charge in [-0.05, 0) is 49.0 Å². The Bertz CT molecular complexity index is 1020. The van der Waals surface area contributed by atoms with E-state index in [4.69, 9.17) is 5.73 Å². The van der Waals surface area contributed by atoms with Gasteiger partial charge in [-0.25, -0.2) is 17.6 Å². The van der Waals surface area contributed by atoms with Crippen molar-refractivity contribution in [2.24, 2.45) is 23.0 Å². The van der Waals surface area contributed by atoms with Crippen LogP contribution in [0.2, 0.25) is 0 Å². The molecule has 3 aliphatic carbocycles. The molecule has 5 rings (SSSR count). The number of amides is 1. The molecule has 3 aliphatic rings. The Morgan fingerprint density at radius 3 is 2.26 bits per heavy atom. The van der Waals surface area contributed by atoms with Crippen molar-refractivity contribution < 1.29 is 22.4 Å². The van der Waals surface area contributed by atoms with Crippen LogP contribution < -0.4 is 11.2 Å². The van der Waals surface area contributed by atoms with Crippen LogP contribution in [0.4, 0.5) is 17.6 Å². The lowest BCUT2D eigenvalue weighted by Crippen LogP contribution is -2.55. The van der Waals surface area contributed by atoms with Gasteiger partial charge in [-0.2, -0.15) is 0 Å². The maximum atomic E-state index is 13.0. The molecule has 5 nitrogen and oxygen atoms in total. The van der Waals surface area contributed by atoms with E-state index in [1.54, 1.807) is 6.07 Å². The van der Waals surface area contributed by atoms with Gasteiger partial charge >= 0.3 is 0 Å². The van der Waals surface area contributed by atoms with Gasteiger partial charge in [-0.1, -0.05) is 0 Å². The highest BCUT2D eigenvalue weighted by molar-refractivity contribution is 6.03. The maximum Gasteiger partial charge on any atom is 0.268 e. The summed E-state index contributed by atoms with van der Waals surface area (Å²) < 4.78 is 51.6. The van der Waals surface area contributed by atoms with E-state index in [9.17, 15) is 27.2 Å². The Hall–Kier alpha value is -2.45. The molecule has 2 aromatic rings. The lowest BCUT2D eigenvalue weighted by molar-refractivity contribution is -0.216. The van der Waals surface area contributed by atoms with Crippen molar-refractivity contribution in [1.82, 2.24) is 9.97 Å². The summed E-state index contributed by atoms with van der Waals surface area (Å²) in [6.45, 7) is 0. The predicted octanol–water partition coefficient (Wildman–Crippen LogP) is 4.66. The Morgan fingerprint density at radius 2 is 1.68 bits per heavy atom. The van der Waals surface area contributed by atoms with Crippen LogP contribution in [0, 0.1) is 17.3 Å². The minimum atomic E-state index is -2.47. The fourth-order valence-corrected chi connectivity index (χ4v) is 5.56. The molecule has 9 heteroatoms. The van der Waals surface area contributed by atoms with Crippen LogP contribution in [-0.2, 0) is 0 Å². The van der Waals surface area contributed by atoms with E-state index in [2.05, 4.69) is 9.97 Å². The summed E-state index contributed by atoms with van der Waals surface area (Å²) in [5.41, 5.74) is 5.29. The molecule has 1 spiro atoms. The SMILES string of the molecule is FC1(F)CCC(C2CC3(C2)CC(F)(F)C3)CC1.NC(=O)c1nccc2[nH]ccc(=O)c12. The number of carbonyl (C=O) groups excluding carboxylic acids is 1. The van der Waals surface area contributed by atoms with Crippen LogP contribution >= 0.6 is 0 Å². The molecule has 3 N–H and O–H groups in total.